The van der Waals surface area contributed by atoms with Gasteiger partial charge in [0.1, 0.15) is 11.2 Å². The van der Waals surface area contributed by atoms with Crippen LogP contribution in [0.1, 0.15) is 73.5 Å². The topological polar surface area (TPSA) is 99.9 Å². The minimum atomic E-state index is -0.756. The van der Waals surface area contributed by atoms with Crippen LogP contribution in [0.3, 0.4) is 0 Å². The van der Waals surface area contributed by atoms with Crippen molar-refractivity contribution in [3.8, 4) is 5.75 Å². The molecule has 4 fully saturated rings. The van der Waals surface area contributed by atoms with E-state index in [-0.39, 0.29) is 41.8 Å². The van der Waals surface area contributed by atoms with Crippen molar-refractivity contribution in [2.45, 2.75) is 75.8 Å². The minimum absolute atomic E-state index is 0.00427. The van der Waals surface area contributed by atoms with E-state index < -0.39 is 5.41 Å². The highest BCUT2D eigenvalue weighted by molar-refractivity contribution is 5.95. The summed E-state index contributed by atoms with van der Waals surface area (Å²) in [5.41, 5.74) is 8.43. The van der Waals surface area contributed by atoms with Crippen molar-refractivity contribution in [3.63, 3.8) is 0 Å². The standard InChI is InChI=1S/C43H52N4O5/c1-7-24-17-23-20-43(42(49)52-6)39-28(15-16-47(21-23)40(24)43)27-13-14-34(50-4)36(38(27)45-39)31-18-29-25(8-2)22-46(3)33(35(29)41(48)51-5)19-30-26-11-9-10-12-32(26)44-37(30)31/h8-14,23-24,29,31,33,35,40,44-45H,7,15-22H2,1-6H3/b25-8-/t23-,24+,29+,31+,33+,35+,40+,43-/m1/s1. The monoisotopic (exact) mass is 704 g/mol. The Labute approximate surface area is 306 Å². The van der Waals surface area contributed by atoms with E-state index in [0.717, 1.165) is 78.7 Å². The van der Waals surface area contributed by atoms with Crippen LogP contribution in [0.15, 0.2) is 48.0 Å². The van der Waals surface area contributed by atoms with E-state index in [1.165, 1.54) is 41.3 Å². The maximum Gasteiger partial charge on any atom is 0.319 e. The zero-order chi connectivity index (χ0) is 36.1. The molecular weight excluding hydrogens is 652 g/mol. The molecule has 9 atom stereocenters. The zero-order valence-electron chi connectivity index (χ0n) is 31.4. The molecule has 2 aromatic heterocycles. The van der Waals surface area contributed by atoms with E-state index in [1.807, 2.05) is 0 Å². The van der Waals surface area contributed by atoms with E-state index in [9.17, 15) is 9.59 Å². The molecule has 0 amide bonds. The summed E-state index contributed by atoms with van der Waals surface area (Å²) in [5.74, 6) is 0.960. The largest absolute Gasteiger partial charge is 0.496 e. The van der Waals surface area contributed by atoms with Gasteiger partial charge in [-0.15, -0.1) is 0 Å². The number of esters is 2. The van der Waals surface area contributed by atoms with Gasteiger partial charge < -0.3 is 24.2 Å². The maximum atomic E-state index is 14.4. The molecule has 0 spiro atoms. The minimum Gasteiger partial charge on any atom is -0.496 e. The predicted molar refractivity (Wildman–Crippen MR) is 202 cm³/mol. The van der Waals surface area contributed by atoms with Crippen molar-refractivity contribution in [2.75, 3.05) is 48.0 Å². The number of rotatable bonds is 5. The molecule has 9 heteroatoms. The molecule has 274 valence electrons. The summed E-state index contributed by atoms with van der Waals surface area (Å²) in [6.45, 7) is 7.16. The highest BCUT2D eigenvalue weighted by atomic mass is 16.5. The highest BCUT2D eigenvalue weighted by Gasteiger charge is 2.63. The fraction of sp³-hybridized carbons (Fsp3) is 0.535. The van der Waals surface area contributed by atoms with Gasteiger partial charge in [-0.3, -0.25) is 19.4 Å². The van der Waals surface area contributed by atoms with E-state index in [2.05, 4.69) is 83.1 Å². The number of carbonyl (C=O) groups excluding carboxylic acids is 2. The van der Waals surface area contributed by atoms with Crippen LogP contribution in [-0.4, -0.2) is 91.8 Å². The van der Waals surface area contributed by atoms with Crippen LogP contribution in [-0.2, 0) is 37.3 Å². The molecule has 52 heavy (non-hydrogen) atoms. The number of H-pyrrole nitrogens is 2. The van der Waals surface area contributed by atoms with Gasteiger partial charge in [0, 0.05) is 70.9 Å². The predicted octanol–water partition coefficient (Wildman–Crippen LogP) is 6.49. The van der Waals surface area contributed by atoms with Gasteiger partial charge in [-0.1, -0.05) is 43.2 Å². The lowest BCUT2D eigenvalue weighted by atomic mass is 9.56. The molecule has 4 aromatic rings. The van der Waals surface area contributed by atoms with Crippen LogP contribution in [0.2, 0.25) is 0 Å². The second-order valence-electron chi connectivity index (χ2n) is 16.3. The maximum absolute atomic E-state index is 14.4. The van der Waals surface area contributed by atoms with E-state index >= 15 is 0 Å². The van der Waals surface area contributed by atoms with Gasteiger partial charge in [-0.25, -0.2) is 0 Å². The third-order valence-corrected chi connectivity index (χ3v) is 14.2. The number of hydrogen-bond donors (Lipinski definition) is 2. The first-order valence-corrected chi connectivity index (χ1v) is 19.3. The Balaban J connectivity index is 1.32. The lowest BCUT2D eigenvalue weighted by Crippen LogP contribution is -2.67. The van der Waals surface area contributed by atoms with Gasteiger partial charge >= 0.3 is 11.9 Å². The van der Waals surface area contributed by atoms with Crippen molar-refractivity contribution in [1.29, 1.82) is 0 Å². The van der Waals surface area contributed by atoms with Crippen LogP contribution in [0.25, 0.3) is 21.8 Å². The number of carbonyl (C=O) groups is 2. The van der Waals surface area contributed by atoms with Crippen LogP contribution < -0.4 is 4.74 Å². The van der Waals surface area contributed by atoms with Gasteiger partial charge in [0.25, 0.3) is 0 Å². The first-order valence-electron chi connectivity index (χ1n) is 19.3. The average Bonchev–Trinajstić information content (AvgIpc) is 3.70. The summed E-state index contributed by atoms with van der Waals surface area (Å²) in [6, 6.07) is 13.0. The normalized spacial score (nSPS) is 33.2. The molecule has 2 aliphatic carbocycles. The molecule has 2 aromatic carbocycles. The fourth-order valence-electron chi connectivity index (χ4n) is 12.1. The van der Waals surface area contributed by atoms with Crippen LogP contribution in [0.4, 0.5) is 0 Å². The molecule has 10 rings (SSSR count). The molecule has 6 heterocycles. The van der Waals surface area contributed by atoms with Crippen LogP contribution in [0.5, 0.6) is 5.75 Å². The van der Waals surface area contributed by atoms with Crippen molar-refractivity contribution in [1.82, 2.24) is 19.8 Å². The number of piperidine rings is 3. The Kier molecular flexibility index (Phi) is 8.12. The van der Waals surface area contributed by atoms with Crippen LogP contribution in [0, 0.1) is 23.7 Å². The number of benzene rings is 2. The Morgan fingerprint density at radius 1 is 1.02 bits per heavy atom. The number of nitrogens with one attached hydrogen (secondary N) is 2. The van der Waals surface area contributed by atoms with Crippen molar-refractivity contribution in [2.24, 2.45) is 23.7 Å². The van der Waals surface area contributed by atoms with Gasteiger partial charge in [0.15, 0.2) is 0 Å². The number of likely N-dealkylation sites (N-methyl/N-ethyl adjacent to an activating group) is 1. The molecule has 6 bridgehead atoms. The van der Waals surface area contributed by atoms with Crippen LogP contribution >= 0.6 is 0 Å². The number of hydrogen-bond acceptors (Lipinski definition) is 7. The number of ether oxygens (including phenoxy) is 3. The number of aromatic amines is 2. The summed E-state index contributed by atoms with van der Waals surface area (Å²) in [7, 11) is 6.98. The van der Waals surface area contributed by atoms with Gasteiger partial charge in [0.05, 0.1) is 32.8 Å². The first kappa shape index (κ1) is 33.7. The molecule has 1 saturated carbocycles. The van der Waals surface area contributed by atoms with Crippen molar-refractivity contribution >= 4 is 33.7 Å². The Morgan fingerprint density at radius 3 is 2.60 bits per heavy atom. The van der Waals surface area contributed by atoms with Crippen molar-refractivity contribution in [3.05, 3.63) is 76.1 Å². The summed E-state index contributed by atoms with van der Waals surface area (Å²) in [6.07, 6.45) is 7.53. The number of likely N-dealkylation sites (tertiary alicyclic amines) is 1. The number of nitrogens with zero attached hydrogens (tertiary/aromatic N) is 2. The second kappa shape index (κ2) is 12.5. The van der Waals surface area contributed by atoms with Gasteiger partial charge in [-0.2, -0.15) is 0 Å². The van der Waals surface area contributed by atoms with E-state index in [0.29, 0.717) is 18.3 Å². The number of aromatic nitrogens is 2. The van der Waals surface area contributed by atoms with E-state index in [1.54, 1.807) is 14.2 Å². The molecular formula is C43H52N4O5. The molecule has 0 radical (unpaired) electrons. The third-order valence-electron chi connectivity index (χ3n) is 14.2. The highest BCUT2D eigenvalue weighted by Crippen LogP contribution is 2.57. The summed E-state index contributed by atoms with van der Waals surface area (Å²) in [5, 5.41) is 2.35. The Morgan fingerprint density at radius 2 is 1.85 bits per heavy atom. The van der Waals surface area contributed by atoms with Gasteiger partial charge in [0.2, 0.25) is 0 Å². The molecule has 9 nitrogen and oxygen atoms in total. The average molecular weight is 705 g/mol. The summed E-state index contributed by atoms with van der Waals surface area (Å²) >= 11 is 0. The zero-order valence-corrected chi connectivity index (χ0v) is 31.4. The molecule has 2 N–H and O–H groups in total. The number of para-hydroxylation sites is 1. The quantitative estimate of drug-likeness (QED) is 0.181. The third kappa shape index (κ3) is 4.60. The van der Waals surface area contributed by atoms with Gasteiger partial charge in [-0.05, 0) is 93.2 Å². The fourth-order valence-corrected chi connectivity index (χ4v) is 12.1. The Bertz CT molecular complexity index is 2110. The number of allylic oxidation sites excluding steroid dienone is 1. The lowest BCUT2D eigenvalue weighted by Gasteiger charge is -2.57. The lowest BCUT2D eigenvalue weighted by molar-refractivity contribution is -0.162. The number of fused-ring (bicyclic) bond motifs is 9. The first-order chi connectivity index (χ1) is 25.3. The molecule has 4 aliphatic heterocycles. The smallest absolute Gasteiger partial charge is 0.319 e. The molecule has 3 saturated heterocycles. The molecule has 6 aliphatic rings. The number of methoxy groups -OCH3 is 3. The second-order valence-corrected chi connectivity index (χ2v) is 16.3. The van der Waals surface area contributed by atoms with Crippen molar-refractivity contribution < 1.29 is 23.8 Å². The molecule has 1 unspecified atom stereocenters. The summed E-state index contributed by atoms with van der Waals surface area (Å²) in [4.78, 5) is 41.2. The SMILES string of the molecule is C/C=C1/CN(C)[C@H]2Cc3c([nH]c4ccccc34)[C@H](c3c(OC)ccc4c5c([nH]c34)[C@]3(C(=O)OC)C[C@H]4C[C@H](CC)[C@@H]3N(CC5)C4)C[C@@H]1[C@@H]2C(=O)OC. The Hall–Kier alpha value is -4.08. The summed E-state index contributed by atoms with van der Waals surface area (Å²) < 4.78 is 17.7. The van der Waals surface area contributed by atoms with E-state index in [4.69, 9.17) is 14.2 Å².